The topological polar surface area (TPSA) is 0 Å². The normalized spacial score (nSPS) is 13.2. The first kappa shape index (κ1) is 13.2. The van der Waals surface area contributed by atoms with Crippen LogP contribution in [0, 0.1) is 6.42 Å². The first-order chi connectivity index (χ1) is 9.81. The molecule has 0 nitrogen and oxygen atoms in total. The van der Waals surface area contributed by atoms with Gasteiger partial charge in [0.1, 0.15) is 0 Å². The van der Waals surface area contributed by atoms with Crippen molar-refractivity contribution >= 4 is 6.08 Å². The Morgan fingerprint density at radius 3 is 2.40 bits per heavy atom. The number of hydrogen-bond acceptors (Lipinski definition) is 0. The van der Waals surface area contributed by atoms with Gasteiger partial charge in [-0.25, -0.2) is 0 Å². The minimum absolute atomic E-state index is 1.10. The average molecular weight is 261 g/mol. The van der Waals surface area contributed by atoms with Crippen molar-refractivity contribution in [2.75, 3.05) is 0 Å². The zero-order chi connectivity index (χ0) is 13.9. The van der Waals surface area contributed by atoms with Gasteiger partial charge in [-0.15, -0.1) is 0 Å². The minimum atomic E-state index is 1.10. The van der Waals surface area contributed by atoms with E-state index in [2.05, 4.69) is 68.8 Å². The molecule has 0 saturated carbocycles. The summed E-state index contributed by atoms with van der Waals surface area (Å²) in [6, 6.07) is 15.6. The van der Waals surface area contributed by atoms with E-state index in [1.165, 1.54) is 46.2 Å². The number of aryl methyl sites for hydroxylation is 1. The molecule has 0 unspecified atom stereocenters. The van der Waals surface area contributed by atoms with Crippen LogP contribution in [0.5, 0.6) is 0 Å². The number of allylic oxidation sites excluding steroid dienone is 1. The Morgan fingerprint density at radius 2 is 1.70 bits per heavy atom. The van der Waals surface area contributed by atoms with Gasteiger partial charge in [0, 0.05) is 6.42 Å². The van der Waals surface area contributed by atoms with E-state index in [0.29, 0.717) is 0 Å². The second-order valence-electron chi connectivity index (χ2n) is 5.47. The van der Waals surface area contributed by atoms with Gasteiger partial charge >= 0.3 is 0 Å². The van der Waals surface area contributed by atoms with E-state index in [4.69, 9.17) is 0 Å². The predicted octanol–water partition coefficient (Wildman–Crippen LogP) is 5.67. The fourth-order valence-corrected chi connectivity index (χ4v) is 2.90. The van der Waals surface area contributed by atoms with Gasteiger partial charge in [-0.3, -0.25) is 0 Å². The molecular formula is C20H21. The summed E-state index contributed by atoms with van der Waals surface area (Å²) in [6.45, 7) is 4.44. The molecule has 1 radical (unpaired) electrons. The van der Waals surface area contributed by atoms with Crippen LogP contribution >= 0.6 is 0 Å². The largest absolute Gasteiger partial charge is 0.0651 e. The van der Waals surface area contributed by atoms with Crippen LogP contribution in [0.3, 0.4) is 0 Å². The zero-order valence-corrected chi connectivity index (χ0v) is 12.3. The summed E-state index contributed by atoms with van der Waals surface area (Å²) < 4.78 is 0. The molecular weight excluding hydrogens is 240 g/mol. The lowest BCUT2D eigenvalue weighted by atomic mass is 9.96. The third kappa shape index (κ3) is 2.43. The molecule has 3 rings (SSSR count). The van der Waals surface area contributed by atoms with Crippen LogP contribution in [0.4, 0.5) is 0 Å². The monoisotopic (exact) mass is 261 g/mol. The van der Waals surface area contributed by atoms with Gasteiger partial charge < -0.3 is 0 Å². The molecule has 0 amide bonds. The number of fused-ring (bicyclic) bond motifs is 1. The SMILES string of the molecule is CCCC1=Cc2c(cccc2-c2ccc(CC)cc2)[CH]1. The summed E-state index contributed by atoms with van der Waals surface area (Å²) in [6.07, 6.45) is 8.17. The van der Waals surface area contributed by atoms with Crippen LogP contribution in [-0.4, -0.2) is 0 Å². The van der Waals surface area contributed by atoms with E-state index in [9.17, 15) is 0 Å². The predicted molar refractivity (Wildman–Crippen MR) is 87.5 cm³/mol. The van der Waals surface area contributed by atoms with Crippen molar-refractivity contribution in [3.63, 3.8) is 0 Å². The highest BCUT2D eigenvalue weighted by atomic mass is 14.2. The van der Waals surface area contributed by atoms with Crippen LogP contribution < -0.4 is 0 Å². The Labute approximate surface area is 122 Å². The van der Waals surface area contributed by atoms with E-state index < -0.39 is 0 Å². The van der Waals surface area contributed by atoms with Crippen LogP contribution in [0.2, 0.25) is 0 Å². The third-order valence-electron chi connectivity index (χ3n) is 4.02. The molecule has 0 fully saturated rings. The van der Waals surface area contributed by atoms with Crippen molar-refractivity contribution < 1.29 is 0 Å². The first-order valence-corrected chi connectivity index (χ1v) is 7.59. The molecule has 1 aliphatic carbocycles. The fourth-order valence-electron chi connectivity index (χ4n) is 2.90. The van der Waals surface area contributed by atoms with Crippen molar-refractivity contribution in [1.29, 1.82) is 0 Å². The summed E-state index contributed by atoms with van der Waals surface area (Å²) >= 11 is 0. The van der Waals surface area contributed by atoms with E-state index in [-0.39, 0.29) is 0 Å². The van der Waals surface area contributed by atoms with E-state index in [1.54, 1.807) is 0 Å². The summed E-state index contributed by atoms with van der Waals surface area (Å²) in [5.41, 5.74) is 8.29. The molecule has 0 heterocycles. The van der Waals surface area contributed by atoms with Crippen molar-refractivity contribution in [3.05, 3.63) is 71.1 Å². The molecule has 0 N–H and O–H groups in total. The second kappa shape index (κ2) is 5.66. The maximum Gasteiger partial charge on any atom is 0.0164 e. The third-order valence-corrected chi connectivity index (χ3v) is 4.02. The lowest BCUT2D eigenvalue weighted by molar-refractivity contribution is 0.924. The van der Waals surface area contributed by atoms with Crippen LogP contribution in [0.1, 0.15) is 43.4 Å². The van der Waals surface area contributed by atoms with Gasteiger partial charge in [0.15, 0.2) is 0 Å². The smallest absolute Gasteiger partial charge is 0.0164 e. The highest BCUT2D eigenvalue weighted by Crippen LogP contribution is 2.36. The number of hydrogen-bond donors (Lipinski definition) is 0. The van der Waals surface area contributed by atoms with Gasteiger partial charge in [0.25, 0.3) is 0 Å². The molecule has 2 aromatic rings. The number of benzene rings is 2. The molecule has 0 bridgehead atoms. The van der Waals surface area contributed by atoms with Gasteiger partial charge in [-0.2, -0.15) is 0 Å². The van der Waals surface area contributed by atoms with Crippen LogP contribution in [-0.2, 0) is 6.42 Å². The Morgan fingerprint density at radius 1 is 0.900 bits per heavy atom. The van der Waals surface area contributed by atoms with Crippen LogP contribution in [0.25, 0.3) is 17.2 Å². The molecule has 0 saturated heterocycles. The molecule has 0 atom stereocenters. The standard InChI is InChI=1S/C20H21/c1-3-6-16-13-18-7-5-8-19(20(18)14-16)17-11-9-15(4-2)10-12-17/h5,7-14H,3-4,6H2,1-2H3. The first-order valence-electron chi connectivity index (χ1n) is 7.59. The second-order valence-corrected chi connectivity index (χ2v) is 5.47. The molecule has 2 aromatic carbocycles. The van der Waals surface area contributed by atoms with Crippen molar-refractivity contribution in [1.82, 2.24) is 0 Å². The van der Waals surface area contributed by atoms with Crippen molar-refractivity contribution in [2.24, 2.45) is 0 Å². The van der Waals surface area contributed by atoms with E-state index in [0.717, 1.165) is 6.42 Å². The molecule has 0 aromatic heterocycles. The van der Waals surface area contributed by atoms with Gasteiger partial charge in [0.05, 0.1) is 0 Å². The molecule has 20 heavy (non-hydrogen) atoms. The van der Waals surface area contributed by atoms with Gasteiger partial charge in [-0.05, 0) is 40.7 Å². The molecule has 0 spiro atoms. The van der Waals surface area contributed by atoms with E-state index >= 15 is 0 Å². The Bertz CT molecular complexity index is 630. The molecule has 101 valence electrons. The summed E-state index contributed by atoms with van der Waals surface area (Å²) in [5.74, 6) is 0. The van der Waals surface area contributed by atoms with Crippen LogP contribution in [0.15, 0.2) is 48.0 Å². The summed E-state index contributed by atoms with van der Waals surface area (Å²) in [4.78, 5) is 0. The average Bonchev–Trinajstić information content (AvgIpc) is 2.90. The van der Waals surface area contributed by atoms with Gasteiger partial charge in [0.2, 0.25) is 0 Å². The summed E-state index contributed by atoms with van der Waals surface area (Å²) in [7, 11) is 0. The molecule has 1 aliphatic rings. The number of rotatable bonds is 4. The maximum atomic E-state index is 2.36. The van der Waals surface area contributed by atoms with E-state index in [1.807, 2.05) is 0 Å². The quantitative estimate of drug-likeness (QED) is 0.665. The zero-order valence-electron chi connectivity index (χ0n) is 12.3. The molecule has 0 heteroatoms. The molecule has 0 aliphatic heterocycles. The van der Waals surface area contributed by atoms with Crippen molar-refractivity contribution in [3.8, 4) is 11.1 Å². The Kier molecular flexibility index (Phi) is 3.73. The lowest BCUT2D eigenvalue weighted by Gasteiger charge is -2.08. The maximum absolute atomic E-state index is 2.36. The Balaban J connectivity index is 2.01. The van der Waals surface area contributed by atoms with Gasteiger partial charge in [-0.1, -0.05) is 74.4 Å². The summed E-state index contributed by atoms with van der Waals surface area (Å²) in [5, 5.41) is 0. The lowest BCUT2D eigenvalue weighted by Crippen LogP contribution is -1.87. The minimum Gasteiger partial charge on any atom is -0.0651 e. The highest BCUT2D eigenvalue weighted by Gasteiger charge is 2.16. The van der Waals surface area contributed by atoms with Crippen molar-refractivity contribution in [2.45, 2.75) is 33.1 Å². The Hall–Kier alpha value is -1.82. The highest BCUT2D eigenvalue weighted by molar-refractivity contribution is 5.83. The fraction of sp³-hybridized carbons (Fsp3) is 0.250.